The molecule has 0 aromatic heterocycles. The summed E-state index contributed by atoms with van der Waals surface area (Å²) < 4.78 is 36.3. The lowest BCUT2D eigenvalue weighted by Gasteiger charge is -2.18. The minimum atomic E-state index is -3.81. The molecule has 9 heteroatoms. The van der Waals surface area contributed by atoms with E-state index in [0.717, 1.165) is 4.31 Å². The van der Waals surface area contributed by atoms with Crippen LogP contribution in [-0.4, -0.2) is 46.4 Å². The van der Waals surface area contributed by atoms with Crippen LogP contribution in [0.15, 0.2) is 47.4 Å². The average Bonchev–Trinajstić information content (AvgIpc) is 2.62. The highest BCUT2D eigenvalue weighted by Gasteiger charge is 2.23. The van der Waals surface area contributed by atoms with Gasteiger partial charge in [-0.25, -0.2) is 8.42 Å². The summed E-state index contributed by atoms with van der Waals surface area (Å²) in [6.45, 7) is -0.361. The maximum Gasteiger partial charge on any atom is 0.243 e. The van der Waals surface area contributed by atoms with E-state index in [2.05, 4.69) is 5.32 Å². The zero-order valence-corrected chi connectivity index (χ0v) is 16.1. The van der Waals surface area contributed by atoms with E-state index in [4.69, 9.17) is 21.1 Å². The van der Waals surface area contributed by atoms with Crippen LogP contribution in [0.25, 0.3) is 0 Å². The van der Waals surface area contributed by atoms with E-state index in [1.807, 2.05) is 0 Å². The summed E-state index contributed by atoms with van der Waals surface area (Å²) in [5, 5.41) is 3.06. The van der Waals surface area contributed by atoms with E-state index >= 15 is 0 Å². The van der Waals surface area contributed by atoms with E-state index in [9.17, 15) is 13.2 Å². The number of halogens is 1. The van der Waals surface area contributed by atoms with Gasteiger partial charge in [0.05, 0.1) is 31.3 Å². The highest BCUT2D eigenvalue weighted by Crippen LogP contribution is 2.29. The number of sulfonamides is 1. The molecule has 0 atom stereocenters. The number of likely N-dealkylation sites (N-methyl/N-ethyl adjacent to an activating group) is 1. The third-order valence-electron chi connectivity index (χ3n) is 3.57. The summed E-state index contributed by atoms with van der Waals surface area (Å²) in [5.41, 5.74) is 0.413. The van der Waals surface area contributed by atoms with Gasteiger partial charge in [0, 0.05) is 18.1 Å². The zero-order valence-electron chi connectivity index (χ0n) is 14.5. The largest absolute Gasteiger partial charge is 0.497 e. The number of hydrogen-bond acceptors (Lipinski definition) is 5. The lowest BCUT2D eigenvalue weighted by atomic mass is 10.2. The number of nitrogens with zero attached hydrogens (tertiary/aromatic N) is 1. The Hall–Kier alpha value is -2.29. The van der Waals surface area contributed by atoms with E-state index in [0.29, 0.717) is 22.2 Å². The standard InChI is InChI=1S/C17H19ClN2O5S/c1-20(26(22,23)14-7-4-12(18)5-8-14)11-17(21)19-15-9-6-13(24-2)10-16(15)25-3/h4-10H,11H2,1-3H3,(H,19,21). The summed E-state index contributed by atoms with van der Waals surface area (Å²) in [5.74, 6) is 0.469. The molecule has 140 valence electrons. The van der Waals surface area contributed by atoms with Gasteiger partial charge in [0.1, 0.15) is 11.5 Å². The van der Waals surface area contributed by atoms with Gasteiger partial charge in [-0.15, -0.1) is 0 Å². The molecule has 0 radical (unpaired) electrons. The number of anilines is 1. The second kappa shape index (κ2) is 8.39. The van der Waals surface area contributed by atoms with Crippen LogP contribution in [0.4, 0.5) is 5.69 Å². The Labute approximate surface area is 157 Å². The molecule has 0 saturated heterocycles. The predicted octanol–water partition coefficient (Wildman–Crippen LogP) is 2.62. The summed E-state index contributed by atoms with van der Waals surface area (Å²) in [4.78, 5) is 12.3. The Morgan fingerprint density at radius 1 is 1.12 bits per heavy atom. The summed E-state index contributed by atoms with van der Waals surface area (Å²) >= 11 is 5.77. The number of nitrogens with one attached hydrogen (secondary N) is 1. The van der Waals surface area contributed by atoms with Crippen molar-refractivity contribution in [3.8, 4) is 11.5 Å². The Bertz CT molecular complexity index is 885. The lowest BCUT2D eigenvalue weighted by Crippen LogP contribution is -2.35. The van der Waals surface area contributed by atoms with Gasteiger partial charge in [-0.1, -0.05) is 11.6 Å². The predicted molar refractivity (Wildman–Crippen MR) is 99.4 cm³/mol. The van der Waals surface area contributed by atoms with Gasteiger partial charge < -0.3 is 14.8 Å². The number of carbonyl (C=O) groups excluding carboxylic acids is 1. The minimum Gasteiger partial charge on any atom is -0.497 e. The van der Waals surface area contributed by atoms with E-state index in [1.165, 1.54) is 45.5 Å². The van der Waals surface area contributed by atoms with E-state index in [1.54, 1.807) is 18.2 Å². The van der Waals surface area contributed by atoms with Crippen molar-refractivity contribution < 1.29 is 22.7 Å². The molecule has 26 heavy (non-hydrogen) atoms. The quantitative estimate of drug-likeness (QED) is 0.774. The molecule has 1 amide bonds. The van der Waals surface area contributed by atoms with Crippen LogP contribution in [0.1, 0.15) is 0 Å². The number of rotatable bonds is 7. The first-order valence-electron chi connectivity index (χ1n) is 7.51. The second-order valence-corrected chi connectivity index (χ2v) is 7.81. The molecule has 0 fully saturated rings. The minimum absolute atomic E-state index is 0.0548. The highest BCUT2D eigenvalue weighted by molar-refractivity contribution is 7.89. The van der Waals surface area contributed by atoms with Gasteiger partial charge in [0.2, 0.25) is 15.9 Å². The van der Waals surface area contributed by atoms with Crippen molar-refractivity contribution in [2.75, 3.05) is 33.1 Å². The molecule has 0 aliphatic heterocycles. The van der Waals surface area contributed by atoms with Crippen LogP contribution in [0.5, 0.6) is 11.5 Å². The summed E-state index contributed by atoms with van der Waals surface area (Å²) in [6.07, 6.45) is 0. The molecule has 2 aromatic carbocycles. The van der Waals surface area contributed by atoms with E-state index in [-0.39, 0.29) is 11.4 Å². The second-order valence-electron chi connectivity index (χ2n) is 5.33. The molecule has 0 spiro atoms. The fraction of sp³-hybridized carbons (Fsp3) is 0.235. The molecule has 0 unspecified atom stereocenters. The van der Waals surface area contributed by atoms with Crippen LogP contribution >= 0.6 is 11.6 Å². The van der Waals surface area contributed by atoms with Crippen molar-refractivity contribution in [3.05, 3.63) is 47.5 Å². The first kappa shape index (κ1) is 20.0. The normalized spacial score (nSPS) is 11.3. The van der Waals surface area contributed by atoms with Gasteiger partial charge in [-0.2, -0.15) is 4.31 Å². The number of hydrogen-bond donors (Lipinski definition) is 1. The highest BCUT2D eigenvalue weighted by atomic mass is 35.5. The van der Waals surface area contributed by atoms with Gasteiger partial charge in [0.25, 0.3) is 0 Å². The number of benzene rings is 2. The fourth-order valence-electron chi connectivity index (χ4n) is 2.17. The van der Waals surface area contributed by atoms with Crippen LogP contribution in [-0.2, 0) is 14.8 Å². The Kier molecular flexibility index (Phi) is 6.47. The Balaban J connectivity index is 2.11. The SMILES string of the molecule is COc1ccc(NC(=O)CN(C)S(=O)(=O)c2ccc(Cl)cc2)c(OC)c1. The smallest absolute Gasteiger partial charge is 0.243 e. The molecule has 0 saturated carbocycles. The molecule has 2 aromatic rings. The third kappa shape index (κ3) is 4.66. The number of amides is 1. The molecule has 2 rings (SSSR count). The maximum absolute atomic E-state index is 12.5. The third-order valence-corrected chi connectivity index (χ3v) is 5.64. The zero-order chi connectivity index (χ0) is 19.3. The number of methoxy groups -OCH3 is 2. The van der Waals surface area contributed by atoms with Crippen molar-refractivity contribution in [2.45, 2.75) is 4.90 Å². The van der Waals surface area contributed by atoms with Crippen LogP contribution in [0.2, 0.25) is 5.02 Å². The lowest BCUT2D eigenvalue weighted by molar-refractivity contribution is -0.116. The molecular formula is C17H19ClN2O5S. The fourth-order valence-corrected chi connectivity index (χ4v) is 3.42. The number of carbonyl (C=O) groups is 1. The molecule has 0 heterocycles. The molecule has 7 nitrogen and oxygen atoms in total. The van der Waals surface area contributed by atoms with Gasteiger partial charge in [-0.3, -0.25) is 4.79 Å². The van der Waals surface area contributed by atoms with Gasteiger partial charge in [0.15, 0.2) is 0 Å². The topological polar surface area (TPSA) is 84.9 Å². The summed E-state index contributed by atoms with van der Waals surface area (Å²) in [7, 11) is 0.499. The molecule has 0 bridgehead atoms. The molecule has 0 aliphatic rings. The van der Waals surface area contributed by atoms with Crippen LogP contribution in [0.3, 0.4) is 0 Å². The monoisotopic (exact) mass is 398 g/mol. The average molecular weight is 399 g/mol. The molecule has 1 N–H and O–H groups in total. The first-order chi connectivity index (χ1) is 12.3. The molecule has 0 aliphatic carbocycles. The number of ether oxygens (including phenoxy) is 2. The molecular weight excluding hydrogens is 380 g/mol. The van der Waals surface area contributed by atoms with E-state index < -0.39 is 15.9 Å². The van der Waals surface area contributed by atoms with Crippen LogP contribution in [0, 0.1) is 0 Å². The van der Waals surface area contributed by atoms with Crippen LogP contribution < -0.4 is 14.8 Å². The van der Waals surface area contributed by atoms with Crippen molar-refractivity contribution in [2.24, 2.45) is 0 Å². The Morgan fingerprint density at radius 3 is 2.35 bits per heavy atom. The van der Waals surface area contributed by atoms with Crippen molar-refractivity contribution >= 4 is 33.2 Å². The van der Waals surface area contributed by atoms with Gasteiger partial charge >= 0.3 is 0 Å². The first-order valence-corrected chi connectivity index (χ1v) is 9.33. The van der Waals surface area contributed by atoms with Crippen molar-refractivity contribution in [3.63, 3.8) is 0 Å². The van der Waals surface area contributed by atoms with Crippen molar-refractivity contribution in [1.29, 1.82) is 0 Å². The Morgan fingerprint density at radius 2 is 1.77 bits per heavy atom. The van der Waals surface area contributed by atoms with Gasteiger partial charge in [-0.05, 0) is 36.4 Å². The summed E-state index contributed by atoms with van der Waals surface area (Å²) in [6, 6.07) is 10.6. The maximum atomic E-state index is 12.5. The van der Waals surface area contributed by atoms with Crippen molar-refractivity contribution in [1.82, 2.24) is 4.31 Å².